The first kappa shape index (κ1) is 33.6. The number of ether oxygens (including phenoxy) is 1. The summed E-state index contributed by atoms with van der Waals surface area (Å²) >= 11 is 11.4. The molecule has 1 fully saturated rings. The molecule has 0 bridgehead atoms. The molecule has 0 saturated heterocycles. The topological polar surface area (TPSA) is 70.0 Å². The molecule has 1 saturated carbocycles. The fourth-order valence-corrected chi connectivity index (χ4v) is 3.96. The van der Waals surface area contributed by atoms with E-state index in [1.54, 1.807) is 6.92 Å². The van der Waals surface area contributed by atoms with E-state index in [0.717, 1.165) is 42.8 Å². The maximum absolute atomic E-state index is 12.2. The molecule has 0 spiro atoms. The van der Waals surface area contributed by atoms with Gasteiger partial charge in [-0.3, -0.25) is 9.69 Å². The number of aliphatic hydroxyl groups excluding tert-OH is 2. The second kappa shape index (κ2) is 20.8. The summed E-state index contributed by atoms with van der Waals surface area (Å²) in [7, 11) is 0. The largest absolute Gasteiger partial charge is 0.461 e. The van der Waals surface area contributed by atoms with Gasteiger partial charge >= 0.3 is 5.97 Å². The van der Waals surface area contributed by atoms with E-state index in [0.29, 0.717) is 18.0 Å². The van der Waals surface area contributed by atoms with Gasteiger partial charge in [-0.15, -0.1) is 0 Å². The number of allylic oxidation sites excluding steroid dienone is 4. The van der Waals surface area contributed by atoms with Crippen LogP contribution >= 0.6 is 23.2 Å². The summed E-state index contributed by atoms with van der Waals surface area (Å²) in [5, 5.41) is 20.9. The monoisotopic (exact) mass is 529 g/mol. The van der Waals surface area contributed by atoms with Crippen LogP contribution in [0.25, 0.3) is 0 Å². The highest BCUT2D eigenvalue weighted by Crippen LogP contribution is 2.29. The number of likely N-dealkylation sites (N-methyl/N-ethyl adjacent to an activating group) is 1. The van der Waals surface area contributed by atoms with Gasteiger partial charge in [-0.1, -0.05) is 93.4 Å². The zero-order valence-electron chi connectivity index (χ0n) is 22.1. The Morgan fingerprint density at radius 1 is 1.14 bits per heavy atom. The lowest BCUT2D eigenvalue weighted by atomic mass is 9.83. The van der Waals surface area contributed by atoms with Crippen molar-refractivity contribution in [1.29, 1.82) is 0 Å². The molecule has 0 heterocycles. The maximum atomic E-state index is 12.2. The summed E-state index contributed by atoms with van der Waals surface area (Å²) in [5.41, 5.74) is 0.968. The van der Waals surface area contributed by atoms with Gasteiger partial charge in [0.05, 0.1) is 18.6 Å². The number of carbonyl (C=O) groups excluding carboxylic acids is 1. The molecule has 0 amide bonds. The second-order valence-corrected chi connectivity index (χ2v) is 9.14. The number of hydrogen-bond acceptors (Lipinski definition) is 5. The molecule has 35 heavy (non-hydrogen) atoms. The summed E-state index contributed by atoms with van der Waals surface area (Å²) in [5.74, 6) is -0.464. The first-order chi connectivity index (χ1) is 16.8. The summed E-state index contributed by atoms with van der Waals surface area (Å²) < 4.78 is 5.38. The fourth-order valence-electron chi connectivity index (χ4n) is 3.80. The Kier molecular flexibility index (Phi) is 20.0. The summed E-state index contributed by atoms with van der Waals surface area (Å²) in [4.78, 5) is 14.3. The third-order valence-electron chi connectivity index (χ3n) is 5.67. The van der Waals surface area contributed by atoms with Gasteiger partial charge in [-0.25, -0.2) is 0 Å². The lowest BCUT2D eigenvalue weighted by Crippen LogP contribution is -2.49. The zero-order chi connectivity index (χ0) is 26.6. The molecule has 0 radical (unpaired) electrons. The molecule has 0 aliphatic heterocycles. The van der Waals surface area contributed by atoms with Crippen LogP contribution in [0.15, 0.2) is 52.5 Å². The Balaban J connectivity index is 0.000000813. The van der Waals surface area contributed by atoms with Crippen molar-refractivity contribution in [2.24, 2.45) is 5.92 Å². The Bertz CT molecular complexity index is 736. The summed E-state index contributed by atoms with van der Waals surface area (Å²) in [6.07, 6.45) is 7.24. The number of carbonyl (C=O) groups is 1. The van der Waals surface area contributed by atoms with Gasteiger partial charge in [0.25, 0.3) is 0 Å². The predicted octanol–water partition coefficient (Wildman–Crippen LogP) is 6.65. The minimum atomic E-state index is -0.551. The molecule has 3 atom stereocenters. The predicted molar refractivity (Wildman–Crippen MR) is 148 cm³/mol. The number of nitrogens with zero attached hydrogens (tertiary/aromatic N) is 1. The highest BCUT2D eigenvalue weighted by atomic mass is 35.5. The highest BCUT2D eigenvalue weighted by molar-refractivity contribution is 6.38. The Labute approximate surface area is 222 Å². The molecule has 7 heteroatoms. The first-order valence-electron chi connectivity index (χ1n) is 12.7. The quantitative estimate of drug-likeness (QED) is 0.262. The lowest BCUT2D eigenvalue weighted by Gasteiger charge is -2.39. The molecule has 1 aliphatic rings. The van der Waals surface area contributed by atoms with Crippen molar-refractivity contribution in [3.8, 4) is 0 Å². The van der Waals surface area contributed by atoms with E-state index in [9.17, 15) is 9.90 Å². The van der Waals surface area contributed by atoms with Crippen LogP contribution in [-0.4, -0.2) is 52.9 Å². The molecule has 5 nitrogen and oxygen atoms in total. The third kappa shape index (κ3) is 14.1. The summed E-state index contributed by atoms with van der Waals surface area (Å²) in [6.45, 7) is 11.6. The van der Waals surface area contributed by atoms with Gasteiger partial charge in [0.1, 0.15) is 6.61 Å². The van der Waals surface area contributed by atoms with Crippen LogP contribution in [0, 0.1) is 5.92 Å². The molecule has 2 N–H and O–H groups in total. The molecule has 1 unspecified atom stereocenters. The van der Waals surface area contributed by atoms with E-state index in [1.165, 1.54) is 0 Å². The second-order valence-electron chi connectivity index (χ2n) is 8.11. The Hall–Kier alpha value is -1.37. The van der Waals surface area contributed by atoms with Crippen LogP contribution in [0.3, 0.4) is 0 Å². The number of hydrogen-bond donors (Lipinski definition) is 2. The van der Waals surface area contributed by atoms with Gasteiger partial charge in [0.2, 0.25) is 0 Å². The van der Waals surface area contributed by atoms with Crippen molar-refractivity contribution in [1.82, 2.24) is 4.90 Å². The smallest absolute Gasteiger partial charge is 0.309 e. The van der Waals surface area contributed by atoms with E-state index in [1.807, 2.05) is 57.2 Å². The average molecular weight is 531 g/mol. The van der Waals surface area contributed by atoms with Crippen LogP contribution in [0.4, 0.5) is 0 Å². The van der Waals surface area contributed by atoms with Crippen LogP contribution in [0.2, 0.25) is 0 Å². The van der Waals surface area contributed by atoms with E-state index in [4.69, 9.17) is 33.0 Å². The van der Waals surface area contributed by atoms with E-state index >= 15 is 0 Å². The van der Waals surface area contributed by atoms with Crippen molar-refractivity contribution in [2.45, 2.75) is 85.5 Å². The van der Waals surface area contributed by atoms with Gasteiger partial charge in [0.15, 0.2) is 0 Å². The lowest BCUT2D eigenvalue weighted by molar-refractivity contribution is -0.153. The molecular weight excluding hydrogens is 485 g/mol. The maximum Gasteiger partial charge on any atom is 0.309 e. The van der Waals surface area contributed by atoms with Crippen molar-refractivity contribution < 1.29 is 19.7 Å². The Morgan fingerprint density at radius 2 is 1.80 bits per heavy atom. The van der Waals surface area contributed by atoms with Gasteiger partial charge in [-0.05, 0) is 44.7 Å². The number of aliphatic hydroxyl groups is 2. The minimum absolute atomic E-state index is 0.0188. The van der Waals surface area contributed by atoms with E-state index in [2.05, 4.69) is 17.9 Å². The van der Waals surface area contributed by atoms with Gasteiger partial charge < -0.3 is 14.9 Å². The van der Waals surface area contributed by atoms with Crippen molar-refractivity contribution >= 4 is 29.2 Å². The molecule has 0 aromatic heterocycles. The van der Waals surface area contributed by atoms with Crippen LogP contribution < -0.4 is 0 Å². The van der Waals surface area contributed by atoms with Crippen LogP contribution in [0.1, 0.15) is 72.3 Å². The Morgan fingerprint density at radius 3 is 2.31 bits per heavy atom. The molecular formula is C28H45Cl2NO4. The standard InChI is InChI=1S/C18H27NO4.C8H12Cl2.C2H6/c1-2-19(10-11-20)16-9-8-15(12-17(16)21)18(22)23-13-14-6-4-3-5-7-14;1-3-4-5-6-8(10)7(2)9;1-2/h3-7,15-17,20-21H,2,8-13H2,1H3;4-5H,3,6H2,1-2H3;1-2H3/b;5-4-,8-7-;/t15?,16-,17-;;/m1../s1. The molecule has 2 rings (SSSR count). The first-order valence-corrected chi connectivity index (χ1v) is 13.5. The number of esters is 1. The molecule has 1 aromatic carbocycles. The molecule has 1 aliphatic carbocycles. The van der Waals surface area contributed by atoms with Crippen LogP contribution in [0.5, 0.6) is 0 Å². The number of rotatable bonds is 10. The zero-order valence-corrected chi connectivity index (χ0v) is 23.6. The minimum Gasteiger partial charge on any atom is -0.461 e. The summed E-state index contributed by atoms with van der Waals surface area (Å²) in [6, 6.07) is 9.62. The van der Waals surface area contributed by atoms with Gasteiger partial charge in [0, 0.05) is 29.1 Å². The van der Waals surface area contributed by atoms with E-state index in [-0.39, 0.29) is 31.1 Å². The van der Waals surface area contributed by atoms with Crippen molar-refractivity contribution in [2.75, 3.05) is 19.7 Å². The van der Waals surface area contributed by atoms with E-state index < -0.39 is 6.10 Å². The molecule has 1 aromatic rings. The van der Waals surface area contributed by atoms with Crippen molar-refractivity contribution in [3.63, 3.8) is 0 Å². The van der Waals surface area contributed by atoms with Gasteiger partial charge in [-0.2, -0.15) is 0 Å². The normalized spacial score (nSPS) is 20.3. The SMILES string of the molecule is CC.CC/C=C\C/C(Cl)=C(\C)Cl.CCN(CCO)[C@@H]1CCC(C(=O)OCc2ccccc2)C[C@H]1O. The third-order valence-corrected chi connectivity index (χ3v) is 6.44. The fraction of sp³-hybridized carbons (Fsp3) is 0.607. The average Bonchev–Trinajstić information content (AvgIpc) is 2.88. The number of benzene rings is 1. The molecule has 200 valence electrons. The van der Waals surface area contributed by atoms with Crippen molar-refractivity contribution in [3.05, 3.63) is 58.1 Å². The van der Waals surface area contributed by atoms with Crippen LogP contribution in [-0.2, 0) is 16.1 Å². The highest BCUT2D eigenvalue weighted by Gasteiger charge is 2.36. The number of halogens is 2.